The summed E-state index contributed by atoms with van der Waals surface area (Å²) < 4.78 is 5.13. The van der Waals surface area contributed by atoms with E-state index in [-0.39, 0.29) is 5.17 Å². The predicted molar refractivity (Wildman–Crippen MR) is 64.7 cm³/mol. The van der Waals surface area contributed by atoms with Gasteiger partial charge in [0, 0.05) is 5.56 Å². The Bertz CT molecular complexity index is 552. The minimum Gasteiger partial charge on any atom is -0.497 e. The number of fused-ring (bicyclic) bond motifs is 1. The van der Waals surface area contributed by atoms with Crippen LogP contribution in [0.1, 0.15) is 5.56 Å². The number of hydrogen-bond donors (Lipinski definition) is 1. The van der Waals surface area contributed by atoms with Crippen molar-refractivity contribution in [3.05, 3.63) is 42.0 Å². The van der Waals surface area contributed by atoms with Crippen LogP contribution in [0.15, 0.2) is 41.6 Å². The summed E-state index contributed by atoms with van der Waals surface area (Å²) in [6.07, 6.45) is 0. The first kappa shape index (κ1) is 10.8. The summed E-state index contributed by atoms with van der Waals surface area (Å²) in [5, 5.41) is 13.7. The normalized spacial score (nSPS) is 11.8. The molecule has 0 aromatic heterocycles. The highest BCUT2D eigenvalue weighted by Crippen LogP contribution is 2.22. The summed E-state index contributed by atoms with van der Waals surface area (Å²) >= 11 is 5.72. The molecule has 0 bridgehead atoms. The first-order chi connectivity index (χ1) is 7.74. The van der Waals surface area contributed by atoms with Gasteiger partial charge in [0.1, 0.15) is 5.75 Å². The van der Waals surface area contributed by atoms with Gasteiger partial charge in [-0.25, -0.2) is 0 Å². The van der Waals surface area contributed by atoms with E-state index < -0.39 is 0 Å². The van der Waals surface area contributed by atoms with E-state index in [9.17, 15) is 0 Å². The van der Waals surface area contributed by atoms with Gasteiger partial charge in [0.25, 0.3) is 0 Å². The number of ether oxygens (including phenoxy) is 1. The molecule has 0 saturated carbocycles. The highest BCUT2D eigenvalue weighted by molar-refractivity contribution is 6.69. The lowest BCUT2D eigenvalue weighted by atomic mass is 10.1. The van der Waals surface area contributed by atoms with Gasteiger partial charge >= 0.3 is 0 Å². The smallest absolute Gasteiger partial charge is 0.175 e. The zero-order chi connectivity index (χ0) is 11.5. The Balaban J connectivity index is 2.56. The summed E-state index contributed by atoms with van der Waals surface area (Å²) in [7, 11) is 1.63. The Morgan fingerprint density at radius 3 is 2.56 bits per heavy atom. The first-order valence-corrected chi connectivity index (χ1v) is 5.08. The molecule has 0 fully saturated rings. The minimum atomic E-state index is 0.0812. The molecule has 0 saturated heterocycles. The topological polar surface area (TPSA) is 41.8 Å². The lowest BCUT2D eigenvalue weighted by molar-refractivity contribution is 0.321. The van der Waals surface area contributed by atoms with Crippen molar-refractivity contribution in [3.63, 3.8) is 0 Å². The van der Waals surface area contributed by atoms with E-state index >= 15 is 0 Å². The maximum Gasteiger partial charge on any atom is 0.175 e. The van der Waals surface area contributed by atoms with Crippen molar-refractivity contribution in [3.8, 4) is 5.75 Å². The van der Waals surface area contributed by atoms with Gasteiger partial charge in [0.2, 0.25) is 0 Å². The van der Waals surface area contributed by atoms with E-state index in [1.54, 1.807) is 13.2 Å². The Kier molecular flexibility index (Phi) is 2.97. The zero-order valence-corrected chi connectivity index (χ0v) is 9.40. The third kappa shape index (κ3) is 1.95. The SMILES string of the molecule is COc1ccc2cc(/C(Cl)=N/O)ccc2c1. The van der Waals surface area contributed by atoms with Gasteiger partial charge < -0.3 is 9.94 Å². The van der Waals surface area contributed by atoms with Gasteiger partial charge in [-0.1, -0.05) is 35.0 Å². The molecule has 0 radical (unpaired) electrons. The average Bonchev–Trinajstić information content (AvgIpc) is 2.36. The summed E-state index contributed by atoms with van der Waals surface area (Å²) in [6, 6.07) is 11.3. The molecule has 0 aliphatic carbocycles. The molecule has 16 heavy (non-hydrogen) atoms. The van der Waals surface area contributed by atoms with Gasteiger partial charge in [0.15, 0.2) is 5.17 Å². The molecule has 0 aliphatic rings. The molecule has 0 spiro atoms. The van der Waals surface area contributed by atoms with Crippen molar-refractivity contribution in [2.24, 2.45) is 5.16 Å². The summed E-state index contributed by atoms with van der Waals surface area (Å²) in [5.41, 5.74) is 0.682. The molecule has 4 heteroatoms. The Hall–Kier alpha value is -1.74. The predicted octanol–water partition coefficient (Wildman–Crippen LogP) is 3.22. The molecule has 1 N–H and O–H groups in total. The van der Waals surface area contributed by atoms with Crippen LogP contribution in [0.3, 0.4) is 0 Å². The second kappa shape index (κ2) is 4.41. The molecule has 0 unspecified atom stereocenters. The van der Waals surface area contributed by atoms with Gasteiger partial charge in [0.05, 0.1) is 7.11 Å². The van der Waals surface area contributed by atoms with Gasteiger partial charge in [-0.2, -0.15) is 0 Å². The van der Waals surface area contributed by atoms with E-state index in [1.807, 2.05) is 30.3 Å². The standard InChI is InChI=1S/C12H10ClNO2/c1-16-11-5-4-8-6-10(12(13)14-15)3-2-9(8)7-11/h2-7,15H,1H3/b14-12-. The van der Waals surface area contributed by atoms with Crippen molar-refractivity contribution >= 4 is 27.5 Å². The van der Waals surface area contributed by atoms with Crippen molar-refractivity contribution in [1.29, 1.82) is 0 Å². The molecule has 0 amide bonds. The van der Waals surface area contributed by atoms with Crippen molar-refractivity contribution in [1.82, 2.24) is 0 Å². The van der Waals surface area contributed by atoms with Crippen LogP contribution in [-0.4, -0.2) is 17.5 Å². The van der Waals surface area contributed by atoms with Crippen LogP contribution in [-0.2, 0) is 0 Å². The fraction of sp³-hybridized carbons (Fsp3) is 0.0833. The highest BCUT2D eigenvalue weighted by Gasteiger charge is 2.02. The second-order valence-electron chi connectivity index (χ2n) is 3.32. The molecule has 82 valence electrons. The molecule has 2 aromatic rings. The molecule has 3 nitrogen and oxygen atoms in total. The van der Waals surface area contributed by atoms with E-state index in [0.29, 0.717) is 5.56 Å². The molecular formula is C12H10ClNO2. The third-order valence-corrected chi connectivity index (χ3v) is 2.67. The number of halogens is 1. The maximum absolute atomic E-state index is 8.58. The number of rotatable bonds is 2. The summed E-state index contributed by atoms with van der Waals surface area (Å²) in [5.74, 6) is 0.808. The summed E-state index contributed by atoms with van der Waals surface area (Å²) in [6.45, 7) is 0. The van der Waals surface area contributed by atoms with Crippen LogP contribution >= 0.6 is 11.6 Å². The van der Waals surface area contributed by atoms with Crippen LogP contribution in [0, 0.1) is 0 Å². The van der Waals surface area contributed by atoms with Crippen molar-refractivity contribution in [2.45, 2.75) is 0 Å². The third-order valence-electron chi connectivity index (χ3n) is 2.37. The first-order valence-electron chi connectivity index (χ1n) is 4.70. The molecule has 0 atom stereocenters. The van der Waals surface area contributed by atoms with Gasteiger partial charge in [-0.05, 0) is 29.0 Å². The fourth-order valence-electron chi connectivity index (χ4n) is 1.54. The molecule has 2 aromatic carbocycles. The zero-order valence-electron chi connectivity index (χ0n) is 8.64. The quantitative estimate of drug-likeness (QED) is 0.493. The Labute approximate surface area is 97.9 Å². The van der Waals surface area contributed by atoms with Crippen LogP contribution < -0.4 is 4.74 Å². The lowest BCUT2D eigenvalue weighted by Crippen LogP contribution is -1.90. The summed E-state index contributed by atoms with van der Waals surface area (Å²) in [4.78, 5) is 0. The average molecular weight is 236 g/mol. The second-order valence-corrected chi connectivity index (χ2v) is 3.68. The number of hydrogen-bond acceptors (Lipinski definition) is 3. The van der Waals surface area contributed by atoms with Crippen LogP contribution in [0.25, 0.3) is 10.8 Å². The van der Waals surface area contributed by atoms with Crippen LogP contribution in [0.2, 0.25) is 0 Å². The highest BCUT2D eigenvalue weighted by atomic mass is 35.5. The van der Waals surface area contributed by atoms with Gasteiger partial charge in [-0.15, -0.1) is 0 Å². The molecule has 0 aliphatic heterocycles. The van der Waals surface area contributed by atoms with Crippen LogP contribution in [0.5, 0.6) is 5.75 Å². The number of oxime groups is 1. The lowest BCUT2D eigenvalue weighted by Gasteiger charge is -2.04. The van der Waals surface area contributed by atoms with E-state index in [0.717, 1.165) is 16.5 Å². The van der Waals surface area contributed by atoms with Crippen molar-refractivity contribution < 1.29 is 9.94 Å². The number of methoxy groups -OCH3 is 1. The molecule has 0 heterocycles. The Morgan fingerprint density at radius 2 is 1.88 bits per heavy atom. The Morgan fingerprint density at radius 1 is 1.19 bits per heavy atom. The molecular weight excluding hydrogens is 226 g/mol. The minimum absolute atomic E-state index is 0.0812. The molecule has 2 rings (SSSR count). The maximum atomic E-state index is 8.58. The van der Waals surface area contributed by atoms with E-state index in [2.05, 4.69) is 5.16 Å². The largest absolute Gasteiger partial charge is 0.497 e. The van der Waals surface area contributed by atoms with E-state index in [1.165, 1.54) is 0 Å². The van der Waals surface area contributed by atoms with Crippen molar-refractivity contribution in [2.75, 3.05) is 7.11 Å². The van der Waals surface area contributed by atoms with Gasteiger partial charge in [-0.3, -0.25) is 0 Å². The number of nitrogens with zero attached hydrogens (tertiary/aromatic N) is 1. The number of benzene rings is 2. The monoisotopic (exact) mass is 235 g/mol. The van der Waals surface area contributed by atoms with Crippen LogP contribution in [0.4, 0.5) is 0 Å². The van der Waals surface area contributed by atoms with E-state index in [4.69, 9.17) is 21.5 Å². The fourth-order valence-corrected chi connectivity index (χ4v) is 1.65.